The average molecular weight is 926 g/mol. The Morgan fingerprint density at radius 1 is 0.677 bits per heavy atom. The molecule has 0 spiro atoms. The molecule has 0 saturated heterocycles. The van der Waals surface area contributed by atoms with Gasteiger partial charge in [0.15, 0.2) is 5.57 Å². The molecule has 0 bridgehead atoms. The number of hydrogen-bond donors (Lipinski definition) is 2. The first-order valence-electron chi connectivity index (χ1n) is 21.3. The minimum atomic E-state index is -1.54. The van der Waals surface area contributed by atoms with Crippen molar-refractivity contribution in [3.05, 3.63) is 153 Å². The molecule has 3 aromatic heterocycles. The highest BCUT2D eigenvalue weighted by Crippen LogP contribution is 2.52. The molecule has 8 nitrogen and oxygen atoms in total. The van der Waals surface area contributed by atoms with Gasteiger partial charge in [-0.05, 0) is 100.0 Å². The van der Waals surface area contributed by atoms with E-state index in [9.17, 15) is 29.9 Å². The van der Waals surface area contributed by atoms with Crippen LogP contribution in [0.2, 0.25) is 0 Å². The molecule has 0 unspecified atom stereocenters. The lowest BCUT2D eigenvalue weighted by molar-refractivity contribution is -0.138. The molecule has 1 aliphatic heterocycles. The number of aromatic nitrogens is 1. The highest BCUT2D eigenvalue weighted by Gasteiger charge is 2.25. The Balaban J connectivity index is 1.17. The van der Waals surface area contributed by atoms with Crippen LogP contribution in [-0.2, 0) is 16.1 Å². The molecule has 0 aliphatic carbocycles. The Morgan fingerprint density at radius 2 is 1.31 bits per heavy atom. The number of carbonyl (C=O) groups is 2. The van der Waals surface area contributed by atoms with Gasteiger partial charge in [-0.2, -0.15) is 5.26 Å². The molecule has 12 heteroatoms. The molecule has 0 fully saturated rings. The van der Waals surface area contributed by atoms with Gasteiger partial charge in [-0.25, -0.2) is 4.79 Å². The second-order valence-corrected chi connectivity index (χ2v) is 20.1. The number of carboxylic acid groups (broad SMARTS) is 2. The number of unbranched alkanes of at least 4 members (excludes halogenated alkanes) is 3. The number of para-hydroxylation sites is 1. The van der Waals surface area contributed by atoms with Crippen LogP contribution in [-0.4, -0.2) is 33.3 Å². The van der Waals surface area contributed by atoms with Crippen LogP contribution in [0.5, 0.6) is 0 Å². The van der Waals surface area contributed by atoms with Gasteiger partial charge in [-0.15, -0.1) is 34.0 Å². The van der Waals surface area contributed by atoms with E-state index in [1.54, 1.807) is 34.8 Å². The van der Waals surface area contributed by atoms with E-state index >= 15 is 0 Å². The predicted octanol–water partition coefficient (Wildman–Crippen LogP) is 12.3. The van der Waals surface area contributed by atoms with Gasteiger partial charge in [-0.1, -0.05) is 117 Å². The first-order valence-corrected chi connectivity index (χ1v) is 24.5. The number of aliphatic carboxylic acids is 2. The van der Waals surface area contributed by atoms with Crippen molar-refractivity contribution in [1.29, 1.82) is 5.26 Å². The fourth-order valence-electron chi connectivity index (χ4n) is 8.70. The molecule has 9 aromatic rings. The van der Waals surface area contributed by atoms with E-state index in [2.05, 4.69) is 103 Å². The van der Waals surface area contributed by atoms with Gasteiger partial charge < -0.3 is 15.1 Å². The van der Waals surface area contributed by atoms with Crippen molar-refractivity contribution in [2.45, 2.75) is 48.9 Å². The lowest BCUT2D eigenvalue weighted by atomic mass is 9.93. The van der Waals surface area contributed by atoms with Crippen LogP contribution in [0.4, 0.5) is 11.4 Å². The smallest absolute Gasteiger partial charge is 0.349 e. The minimum absolute atomic E-state index is 0.123. The van der Waals surface area contributed by atoms with Crippen molar-refractivity contribution in [3.8, 4) is 39.4 Å². The Bertz CT molecular complexity index is 3600. The maximum absolute atomic E-state index is 13.8. The molecule has 10 rings (SSSR count). The molecule has 0 atom stereocenters. The van der Waals surface area contributed by atoms with Crippen LogP contribution in [0.25, 0.3) is 74.6 Å². The van der Waals surface area contributed by atoms with Crippen molar-refractivity contribution < 1.29 is 19.8 Å². The largest absolute Gasteiger partial charge is 0.480 e. The van der Waals surface area contributed by atoms with Crippen molar-refractivity contribution >= 4 is 110 Å². The topological polar surface area (TPSA) is 124 Å². The molecule has 0 radical (unpaired) electrons. The quantitative estimate of drug-likeness (QED) is 0.116. The third-order valence-corrected chi connectivity index (χ3v) is 16.5. The molecule has 6 aromatic carbocycles. The van der Waals surface area contributed by atoms with E-state index < -0.39 is 29.6 Å². The lowest BCUT2D eigenvalue weighted by Crippen LogP contribution is -2.35. The number of nitriles is 1. The van der Waals surface area contributed by atoms with Crippen molar-refractivity contribution in [1.82, 2.24) is 4.57 Å². The molecular formula is C53H39N3O5S4. The zero-order chi connectivity index (χ0) is 44.8. The van der Waals surface area contributed by atoms with E-state index in [0.29, 0.717) is 5.56 Å². The van der Waals surface area contributed by atoms with E-state index in [-0.39, 0.29) is 9.20 Å². The Labute approximate surface area is 389 Å². The summed E-state index contributed by atoms with van der Waals surface area (Å²) < 4.78 is 5.26. The zero-order valence-electron chi connectivity index (χ0n) is 35.0. The summed E-state index contributed by atoms with van der Waals surface area (Å²) in [5.74, 6) is -2.86. The van der Waals surface area contributed by atoms with Gasteiger partial charge in [-0.3, -0.25) is 14.2 Å². The summed E-state index contributed by atoms with van der Waals surface area (Å²) in [7, 11) is 0. The fraction of sp³-hybridized carbons (Fsp3) is 0.132. The van der Waals surface area contributed by atoms with Crippen LogP contribution < -0.4 is 19.7 Å². The third-order valence-electron chi connectivity index (χ3n) is 11.8. The van der Waals surface area contributed by atoms with Gasteiger partial charge in [0.1, 0.15) is 17.3 Å². The van der Waals surface area contributed by atoms with E-state index in [0.717, 1.165) is 91.8 Å². The predicted molar refractivity (Wildman–Crippen MR) is 268 cm³/mol. The summed E-state index contributed by atoms with van der Waals surface area (Å²) in [5, 5.41) is 31.3. The Kier molecular flexibility index (Phi) is 11.5. The number of rotatable bonds is 12. The SMILES string of the molecule is CCCCCCN1c2ccccc2Sc2cc(-c3cc4c(cc3-c3ccccc3)sc3c5cc(/C=c6/s/c(=C(\C#N)C(=O)O)n(CC(=O)O)c6=O)c(-c6ccccc6)cc5sc43)ccc21. The third kappa shape index (κ3) is 7.85. The number of nitrogens with zero attached hydrogens (tertiary/aromatic N) is 3. The molecule has 65 heavy (non-hydrogen) atoms. The highest BCUT2D eigenvalue weighted by molar-refractivity contribution is 7.99. The highest BCUT2D eigenvalue weighted by atomic mass is 32.2. The molecule has 0 saturated carbocycles. The fourth-order valence-corrected chi connectivity index (χ4v) is 13.6. The Hall–Kier alpha value is -6.75. The molecule has 4 heterocycles. The first-order chi connectivity index (χ1) is 31.7. The zero-order valence-corrected chi connectivity index (χ0v) is 38.3. The second-order valence-electron chi connectivity index (χ2n) is 15.9. The summed E-state index contributed by atoms with van der Waals surface area (Å²) in [6, 6.07) is 46.5. The van der Waals surface area contributed by atoms with Crippen LogP contribution in [0.3, 0.4) is 0 Å². The van der Waals surface area contributed by atoms with Crippen molar-refractivity contribution in [2.24, 2.45) is 0 Å². The average Bonchev–Trinajstić information content (AvgIpc) is 3.95. The number of hydrogen-bond acceptors (Lipinski definition) is 9. The van der Waals surface area contributed by atoms with Gasteiger partial charge in [0.05, 0.1) is 25.3 Å². The molecule has 2 N–H and O–H groups in total. The Morgan fingerprint density at radius 3 is 1.98 bits per heavy atom. The number of carboxylic acids is 2. The second kappa shape index (κ2) is 17.7. The van der Waals surface area contributed by atoms with E-state index in [1.807, 2.05) is 48.2 Å². The van der Waals surface area contributed by atoms with Crippen molar-refractivity contribution in [3.63, 3.8) is 0 Å². The van der Waals surface area contributed by atoms with Crippen LogP contribution in [0.15, 0.2) is 142 Å². The summed E-state index contributed by atoms with van der Waals surface area (Å²) >= 11 is 6.10. The van der Waals surface area contributed by atoms with Gasteiger partial charge >= 0.3 is 11.9 Å². The molecule has 320 valence electrons. The summed E-state index contributed by atoms with van der Waals surface area (Å²) in [6.45, 7) is 2.44. The maximum Gasteiger partial charge on any atom is 0.349 e. The summed E-state index contributed by atoms with van der Waals surface area (Å²) in [4.78, 5) is 42.7. The molecular weight excluding hydrogens is 887 g/mol. The van der Waals surface area contributed by atoms with Crippen LogP contribution >= 0.6 is 45.8 Å². The number of thiazole rings is 1. The minimum Gasteiger partial charge on any atom is -0.480 e. The van der Waals surface area contributed by atoms with Gasteiger partial charge in [0.25, 0.3) is 5.56 Å². The molecule has 1 aliphatic rings. The number of thiophene rings is 2. The number of benzene rings is 6. The number of anilines is 2. The van der Waals surface area contributed by atoms with Crippen LogP contribution in [0.1, 0.15) is 38.2 Å². The van der Waals surface area contributed by atoms with Crippen LogP contribution in [0, 0.1) is 11.3 Å². The molecule has 0 amide bonds. The van der Waals surface area contributed by atoms with Gasteiger partial charge in [0.2, 0.25) is 0 Å². The van der Waals surface area contributed by atoms with Crippen molar-refractivity contribution in [2.75, 3.05) is 11.4 Å². The monoisotopic (exact) mass is 925 g/mol. The first kappa shape index (κ1) is 42.2. The lowest BCUT2D eigenvalue weighted by Gasteiger charge is -2.33. The summed E-state index contributed by atoms with van der Waals surface area (Å²) in [6.07, 6.45) is 6.47. The standard InChI is InChI=1S/C53H39N3O5S4/c1-2-3-4-13-22-55-41-18-11-12-19-43(41)62-46-24-33(20-21-42(46)55)36-26-39-45(28-37(36)32-16-9-6-10-17-32)64-49-38-23-34(35(27-44(38)63-50(39)49)31-14-7-5-8-15-31)25-47-51(59)56(30-48(57)58)52(65-47)40(29-54)53(60)61/h5-12,14-21,23-28H,2-4,13,22,30H2,1H3,(H,57,58)(H,60,61)/b47-25+,52-40+. The van der Waals surface area contributed by atoms with E-state index in [4.69, 9.17) is 0 Å². The normalized spacial score (nSPS) is 13.0. The number of fused-ring (bicyclic) bond motifs is 7. The van der Waals surface area contributed by atoms with E-state index in [1.165, 1.54) is 40.4 Å². The summed E-state index contributed by atoms with van der Waals surface area (Å²) in [5.41, 5.74) is 8.20. The maximum atomic E-state index is 13.8. The van der Waals surface area contributed by atoms with Gasteiger partial charge in [0, 0.05) is 36.5 Å².